The molecule has 1 aliphatic heterocycles. The van der Waals surface area contributed by atoms with Crippen molar-refractivity contribution in [3.8, 4) is 6.07 Å². The van der Waals surface area contributed by atoms with E-state index in [1.54, 1.807) is 20.2 Å². The highest BCUT2D eigenvalue weighted by molar-refractivity contribution is 5.95. The summed E-state index contributed by atoms with van der Waals surface area (Å²) in [6.45, 7) is 1.71. The SMILES string of the molecule is Cc1c(C(=O)NC2CCC3NNC(c4cnco4)C3C2)cc(C#N)c(=O)n1C. The molecule has 3 N–H and O–H groups in total. The van der Waals surface area contributed by atoms with E-state index in [1.807, 2.05) is 6.07 Å². The summed E-state index contributed by atoms with van der Waals surface area (Å²) in [6.07, 6.45) is 5.68. The minimum absolute atomic E-state index is 0.00282. The molecule has 2 aromatic rings. The first-order valence-electron chi connectivity index (χ1n) is 9.30. The average Bonchev–Trinajstić information content (AvgIpc) is 3.35. The van der Waals surface area contributed by atoms with Gasteiger partial charge in [0.1, 0.15) is 17.4 Å². The quantitative estimate of drug-likeness (QED) is 0.712. The first-order chi connectivity index (χ1) is 13.5. The second-order valence-electron chi connectivity index (χ2n) is 7.46. The van der Waals surface area contributed by atoms with Crippen molar-refractivity contribution < 1.29 is 9.21 Å². The molecule has 0 spiro atoms. The fraction of sp³-hybridized carbons (Fsp3) is 0.474. The Morgan fingerprint density at radius 1 is 1.43 bits per heavy atom. The van der Waals surface area contributed by atoms with E-state index >= 15 is 0 Å². The van der Waals surface area contributed by atoms with Crippen LogP contribution in [0.5, 0.6) is 0 Å². The van der Waals surface area contributed by atoms with Crippen molar-refractivity contribution in [1.29, 1.82) is 5.26 Å². The van der Waals surface area contributed by atoms with Gasteiger partial charge in [-0.05, 0) is 32.3 Å². The number of nitriles is 1. The lowest BCUT2D eigenvalue weighted by molar-refractivity contribution is 0.0913. The third-order valence-electron chi connectivity index (χ3n) is 5.93. The molecule has 4 atom stereocenters. The Labute approximate surface area is 161 Å². The number of nitrogens with one attached hydrogen (secondary N) is 3. The van der Waals surface area contributed by atoms with Gasteiger partial charge >= 0.3 is 0 Å². The Hall–Kier alpha value is -2.96. The molecule has 0 aromatic carbocycles. The third kappa shape index (κ3) is 3.10. The van der Waals surface area contributed by atoms with Crippen LogP contribution in [0.1, 0.15) is 52.7 Å². The first kappa shape index (κ1) is 18.4. The predicted molar refractivity (Wildman–Crippen MR) is 99.0 cm³/mol. The van der Waals surface area contributed by atoms with Gasteiger partial charge < -0.3 is 14.3 Å². The smallest absolute Gasteiger partial charge is 0.268 e. The molecule has 9 heteroatoms. The summed E-state index contributed by atoms with van der Waals surface area (Å²) >= 11 is 0. The molecule has 146 valence electrons. The number of nitrogens with zero attached hydrogens (tertiary/aromatic N) is 3. The van der Waals surface area contributed by atoms with Crippen molar-refractivity contribution in [2.24, 2.45) is 13.0 Å². The predicted octanol–water partition coefficient (Wildman–Crippen LogP) is 0.670. The highest BCUT2D eigenvalue weighted by Crippen LogP contribution is 2.38. The Kier molecular flexibility index (Phi) is 4.75. The lowest BCUT2D eigenvalue weighted by Gasteiger charge is -2.33. The number of hydrogen-bond acceptors (Lipinski definition) is 7. The van der Waals surface area contributed by atoms with Gasteiger partial charge in [-0.3, -0.25) is 15.0 Å². The largest absolute Gasteiger partial charge is 0.447 e. The summed E-state index contributed by atoms with van der Waals surface area (Å²) in [5, 5.41) is 12.2. The molecule has 4 rings (SSSR count). The van der Waals surface area contributed by atoms with Gasteiger partial charge in [-0.25, -0.2) is 10.4 Å². The van der Waals surface area contributed by atoms with Crippen LogP contribution in [0.3, 0.4) is 0 Å². The zero-order valence-corrected chi connectivity index (χ0v) is 15.7. The third-order valence-corrected chi connectivity index (χ3v) is 5.93. The van der Waals surface area contributed by atoms with E-state index < -0.39 is 5.56 Å². The Bertz CT molecular complexity index is 990. The van der Waals surface area contributed by atoms with E-state index in [0.29, 0.717) is 17.3 Å². The fourth-order valence-electron chi connectivity index (χ4n) is 4.25. The van der Waals surface area contributed by atoms with Crippen LogP contribution < -0.4 is 21.7 Å². The number of aromatic nitrogens is 2. The van der Waals surface area contributed by atoms with Gasteiger partial charge in [-0.15, -0.1) is 0 Å². The van der Waals surface area contributed by atoms with Crippen molar-refractivity contribution in [2.45, 2.75) is 44.3 Å². The Morgan fingerprint density at radius 2 is 2.25 bits per heavy atom. The van der Waals surface area contributed by atoms with Crippen LogP contribution in [-0.4, -0.2) is 27.5 Å². The molecule has 2 aliphatic rings. The molecule has 28 heavy (non-hydrogen) atoms. The lowest BCUT2D eigenvalue weighted by atomic mass is 9.78. The molecule has 9 nitrogen and oxygen atoms in total. The maximum absolute atomic E-state index is 12.9. The van der Waals surface area contributed by atoms with Crippen LogP contribution in [0.15, 0.2) is 27.9 Å². The van der Waals surface area contributed by atoms with Gasteiger partial charge in [0.25, 0.3) is 11.5 Å². The number of fused-ring (bicyclic) bond motifs is 1. The summed E-state index contributed by atoms with van der Waals surface area (Å²) in [5.74, 6) is 0.783. The Balaban J connectivity index is 1.51. The fourth-order valence-corrected chi connectivity index (χ4v) is 4.25. The maximum Gasteiger partial charge on any atom is 0.268 e. The summed E-state index contributed by atoms with van der Waals surface area (Å²) in [5.41, 5.74) is 7.06. The number of amides is 1. The summed E-state index contributed by atoms with van der Waals surface area (Å²) in [7, 11) is 1.57. The molecule has 3 heterocycles. The van der Waals surface area contributed by atoms with E-state index in [4.69, 9.17) is 9.68 Å². The molecule has 1 saturated carbocycles. The summed E-state index contributed by atoms with van der Waals surface area (Å²) in [4.78, 5) is 28.9. The number of pyridine rings is 1. The van der Waals surface area contributed by atoms with Crippen molar-refractivity contribution in [1.82, 2.24) is 25.7 Å². The zero-order chi connectivity index (χ0) is 19.8. The molecule has 0 bridgehead atoms. The van der Waals surface area contributed by atoms with Gasteiger partial charge in [0.2, 0.25) is 0 Å². The molecule has 2 aromatic heterocycles. The van der Waals surface area contributed by atoms with Crippen LogP contribution in [0.2, 0.25) is 0 Å². The van der Waals surface area contributed by atoms with Crippen LogP contribution in [0.4, 0.5) is 0 Å². The second-order valence-corrected chi connectivity index (χ2v) is 7.46. The minimum atomic E-state index is -0.393. The zero-order valence-electron chi connectivity index (χ0n) is 15.7. The number of rotatable bonds is 3. The average molecular weight is 382 g/mol. The Morgan fingerprint density at radius 3 is 2.96 bits per heavy atom. The summed E-state index contributed by atoms with van der Waals surface area (Å²) in [6, 6.07) is 3.58. The van der Waals surface area contributed by atoms with E-state index in [2.05, 4.69) is 21.2 Å². The molecule has 1 saturated heterocycles. The lowest BCUT2D eigenvalue weighted by Crippen LogP contribution is -2.44. The van der Waals surface area contributed by atoms with Crippen molar-refractivity contribution in [3.63, 3.8) is 0 Å². The summed E-state index contributed by atoms with van der Waals surface area (Å²) < 4.78 is 6.80. The molecular formula is C19H22N6O3. The van der Waals surface area contributed by atoms with E-state index in [9.17, 15) is 9.59 Å². The van der Waals surface area contributed by atoms with E-state index in [0.717, 1.165) is 25.0 Å². The van der Waals surface area contributed by atoms with Gasteiger partial charge in [-0.2, -0.15) is 5.26 Å². The number of carbonyl (C=O) groups is 1. The molecule has 4 unspecified atom stereocenters. The normalized spacial score (nSPS) is 26.5. The van der Waals surface area contributed by atoms with Crippen molar-refractivity contribution in [2.75, 3.05) is 0 Å². The van der Waals surface area contributed by atoms with Gasteiger partial charge in [0.15, 0.2) is 6.39 Å². The molecule has 2 fully saturated rings. The first-order valence-corrected chi connectivity index (χ1v) is 9.30. The minimum Gasteiger partial charge on any atom is -0.447 e. The highest BCUT2D eigenvalue weighted by atomic mass is 16.3. The van der Waals surface area contributed by atoms with Gasteiger partial charge in [0, 0.05) is 30.7 Å². The number of hydrogen-bond donors (Lipinski definition) is 3. The number of carbonyl (C=O) groups excluding carboxylic acids is 1. The monoisotopic (exact) mass is 382 g/mol. The van der Waals surface area contributed by atoms with Gasteiger partial charge in [0.05, 0.1) is 17.8 Å². The number of oxazole rings is 1. The van der Waals surface area contributed by atoms with E-state index in [-0.39, 0.29) is 29.5 Å². The molecular weight excluding hydrogens is 360 g/mol. The van der Waals surface area contributed by atoms with E-state index in [1.165, 1.54) is 17.0 Å². The van der Waals surface area contributed by atoms with Crippen LogP contribution in [-0.2, 0) is 7.05 Å². The standard InChI is InChI=1S/C19H22N6O3/c1-10-13(5-11(7-20)19(27)25(10)2)18(26)22-12-3-4-15-14(6-12)17(24-23-15)16-8-21-9-28-16/h5,8-9,12,14-15,17,23-24H,3-4,6H2,1-2H3,(H,22,26). The van der Waals surface area contributed by atoms with Crippen molar-refractivity contribution >= 4 is 5.91 Å². The van der Waals surface area contributed by atoms with Crippen LogP contribution in [0.25, 0.3) is 0 Å². The van der Waals surface area contributed by atoms with Crippen LogP contribution >= 0.6 is 0 Å². The second kappa shape index (κ2) is 7.22. The molecule has 0 radical (unpaired) electrons. The van der Waals surface area contributed by atoms with Crippen LogP contribution in [0, 0.1) is 24.2 Å². The number of hydrazine groups is 1. The topological polar surface area (TPSA) is 125 Å². The maximum atomic E-state index is 12.9. The van der Waals surface area contributed by atoms with Gasteiger partial charge in [-0.1, -0.05) is 0 Å². The highest BCUT2D eigenvalue weighted by Gasteiger charge is 2.42. The van der Waals surface area contributed by atoms with Crippen molar-refractivity contribution in [3.05, 3.63) is 51.6 Å². The molecule has 1 amide bonds. The molecule has 1 aliphatic carbocycles.